The van der Waals surface area contributed by atoms with E-state index in [-0.39, 0.29) is 21.5 Å². The van der Waals surface area contributed by atoms with Gasteiger partial charge in [0.05, 0.1) is 10.0 Å². The third kappa shape index (κ3) is 3.75. The van der Waals surface area contributed by atoms with Crippen LogP contribution in [0, 0.1) is 6.92 Å². The average Bonchev–Trinajstić information content (AvgIpc) is 2.71. The van der Waals surface area contributed by atoms with Crippen molar-refractivity contribution in [3.05, 3.63) is 48.5 Å². The summed E-state index contributed by atoms with van der Waals surface area (Å²) < 4.78 is 27.7. The van der Waals surface area contributed by atoms with Gasteiger partial charge >= 0.3 is 0 Å². The maximum atomic E-state index is 12.3. The van der Waals surface area contributed by atoms with Crippen molar-refractivity contribution in [3.8, 4) is 0 Å². The smallest absolute Gasteiger partial charge is 0.207 e. The van der Waals surface area contributed by atoms with E-state index in [2.05, 4.69) is 20.7 Å². The second-order valence-corrected chi connectivity index (χ2v) is 8.84. The Morgan fingerprint density at radius 3 is 2.35 bits per heavy atom. The standard InChI is InChI=1S/C12H10BrCl2NO2S2/c1-7-2-3-9(19-7)6-16-20(17,18)12-10(14)4-8(13)5-11(12)15/h2-5,16H,6H2,1H3. The second-order valence-electron chi connectivity index (χ2n) is 4.04. The van der Waals surface area contributed by atoms with Crippen LogP contribution in [-0.2, 0) is 16.6 Å². The van der Waals surface area contributed by atoms with Gasteiger partial charge in [-0.2, -0.15) is 0 Å². The van der Waals surface area contributed by atoms with Gasteiger partial charge in [0.25, 0.3) is 0 Å². The molecule has 108 valence electrons. The lowest BCUT2D eigenvalue weighted by Gasteiger charge is -2.10. The number of benzene rings is 1. The molecule has 0 atom stereocenters. The quantitative estimate of drug-likeness (QED) is 0.794. The van der Waals surface area contributed by atoms with Crippen molar-refractivity contribution in [2.24, 2.45) is 0 Å². The van der Waals surface area contributed by atoms with Gasteiger partial charge in [-0.1, -0.05) is 39.1 Å². The molecule has 8 heteroatoms. The molecule has 0 amide bonds. The van der Waals surface area contributed by atoms with Crippen molar-refractivity contribution < 1.29 is 8.42 Å². The molecule has 0 saturated heterocycles. The van der Waals surface area contributed by atoms with E-state index < -0.39 is 10.0 Å². The van der Waals surface area contributed by atoms with E-state index in [0.717, 1.165) is 9.75 Å². The van der Waals surface area contributed by atoms with Gasteiger partial charge in [-0.3, -0.25) is 0 Å². The summed E-state index contributed by atoms with van der Waals surface area (Å²) in [7, 11) is -3.76. The first-order valence-electron chi connectivity index (χ1n) is 5.49. The fourth-order valence-electron chi connectivity index (χ4n) is 1.60. The molecule has 0 aliphatic carbocycles. The number of rotatable bonds is 4. The molecule has 0 radical (unpaired) electrons. The molecule has 1 heterocycles. The zero-order chi connectivity index (χ0) is 14.9. The minimum absolute atomic E-state index is 0.0826. The first-order chi connectivity index (χ1) is 9.29. The fourth-order valence-corrected chi connectivity index (χ4v) is 5.46. The summed E-state index contributed by atoms with van der Waals surface area (Å²) in [6.45, 7) is 2.18. The second kappa shape index (κ2) is 6.34. The molecule has 0 aliphatic rings. The van der Waals surface area contributed by atoms with E-state index in [1.54, 1.807) is 0 Å². The van der Waals surface area contributed by atoms with E-state index >= 15 is 0 Å². The third-order valence-corrected chi connectivity index (χ3v) is 6.24. The van der Waals surface area contributed by atoms with Crippen molar-refractivity contribution in [2.75, 3.05) is 0 Å². The summed E-state index contributed by atoms with van der Waals surface area (Å²) in [5, 5.41) is 0.165. The van der Waals surface area contributed by atoms with E-state index in [0.29, 0.717) is 4.47 Å². The molecule has 1 N–H and O–H groups in total. The first kappa shape index (κ1) is 16.3. The molecule has 1 aromatic heterocycles. The molecule has 0 aliphatic heterocycles. The molecule has 3 nitrogen and oxygen atoms in total. The zero-order valence-corrected chi connectivity index (χ0v) is 15.0. The third-order valence-electron chi connectivity index (χ3n) is 2.46. The van der Waals surface area contributed by atoms with E-state index in [1.807, 2.05) is 19.1 Å². The predicted octanol–water partition coefficient (Wildman–Crippen LogP) is 4.60. The highest BCUT2D eigenvalue weighted by Gasteiger charge is 2.22. The molecule has 0 saturated carbocycles. The number of thiophene rings is 1. The Kier molecular flexibility index (Phi) is 5.15. The van der Waals surface area contributed by atoms with Crippen LogP contribution in [0.3, 0.4) is 0 Å². The molecule has 2 aromatic rings. The van der Waals surface area contributed by atoms with Crippen molar-refractivity contribution in [1.82, 2.24) is 4.72 Å². The monoisotopic (exact) mass is 413 g/mol. The minimum Gasteiger partial charge on any atom is -0.207 e. The number of hydrogen-bond acceptors (Lipinski definition) is 3. The summed E-state index contributed by atoms with van der Waals surface area (Å²) in [4.78, 5) is 1.95. The Morgan fingerprint density at radius 2 is 1.85 bits per heavy atom. The minimum atomic E-state index is -3.76. The maximum absolute atomic E-state index is 12.3. The highest BCUT2D eigenvalue weighted by atomic mass is 79.9. The molecular weight excluding hydrogens is 405 g/mol. The topological polar surface area (TPSA) is 46.2 Å². The Bertz CT molecular complexity index is 721. The Balaban J connectivity index is 2.27. The van der Waals surface area contributed by atoms with Gasteiger partial charge in [0, 0.05) is 20.8 Å². The van der Waals surface area contributed by atoms with Gasteiger partial charge < -0.3 is 0 Å². The lowest BCUT2D eigenvalue weighted by atomic mass is 10.4. The molecule has 1 aromatic carbocycles. The maximum Gasteiger partial charge on any atom is 0.243 e. The van der Waals surface area contributed by atoms with Gasteiger partial charge in [-0.15, -0.1) is 11.3 Å². The molecule has 0 spiro atoms. The van der Waals surface area contributed by atoms with E-state index in [4.69, 9.17) is 23.2 Å². The molecule has 0 fully saturated rings. The molecular formula is C12H10BrCl2NO2S2. The van der Waals surface area contributed by atoms with Crippen LogP contribution in [0.1, 0.15) is 9.75 Å². The average molecular weight is 415 g/mol. The number of hydrogen-bond donors (Lipinski definition) is 1. The van der Waals surface area contributed by atoms with Gasteiger partial charge in [0.1, 0.15) is 4.90 Å². The van der Waals surface area contributed by atoms with Gasteiger partial charge in [-0.05, 0) is 31.2 Å². The van der Waals surface area contributed by atoms with Crippen molar-refractivity contribution >= 4 is 60.5 Å². The van der Waals surface area contributed by atoms with Crippen LogP contribution in [0.25, 0.3) is 0 Å². The van der Waals surface area contributed by atoms with Crippen LogP contribution in [-0.4, -0.2) is 8.42 Å². The van der Waals surface area contributed by atoms with E-state index in [9.17, 15) is 8.42 Å². The van der Waals surface area contributed by atoms with Crippen molar-refractivity contribution in [3.63, 3.8) is 0 Å². The van der Waals surface area contributed by atoms with Crippen LogP contribution in [0.2, 0.25) is 10.0 Å². The SMILES string of the molecule is Cc1ccc(CNS(=O)(=O)c2c(Cl)cc(Br)cc2Cl)s1. The predicted molar refractivity (Wildman–Crippen MR) is 87.2 cm³/mol. The summed E-state index contributed by atoms with van der Waals surface area (Å²) >= 11 is 16.7. The van der Waals surface area contributed by atoms with Gasteiger partial charge in [-0.25, -0.2) is 13.1 Å². The van der Waals surface area contributed by atoms with Gasteiger partial charge in [0.2, 0.25) is 10.0 Å². The number of halogens is 3. The van der Waals surface area contributed by atoms with Crippen molar-refractivity contribution in [2.45, 2.75) is 18.4 Å². The largest absolute Gasteiger partial charge is 0.243 e. The van der Waals surface area contributed by atoms with Gasteiger partial charge in [0.15, 0.2) is 0 Å². The lowest BCUT2D eigenvalue weighted by Crippen LogP contribution is -2.23. The number of nitrogens with one attached hydrogen (secondary N) is 1. The Morgan fingerprint density at radius 1 is 1.25 bits per heavy atom. The molecule has 0 unspecified atom stereocenters. The summed E-state index contributed by atoms with van der Waals surface area (Å²) in [5.74, 6) is 0. The first-order valence-corrected chi connectivity index (χ1v) is 9.34. The van der Waals surface area contributed by atoms with E-state index in [1.165, 1.54) is 23.5 Å². The lowest BCUT2D eigenvalue weighted by molar-refractivity contribution is 0.582. The Hall–Kier alpha value is -0.110. The van der Waals surface area contributed by atoms with Crippen LogP contribution in [0.4, 0.5) is 0 Å². The molecule has 0 bridgehead atoms. The number of sulfonamides is 1. The normalized spacial score (nSPS) is 11.8. The fraction of sp³-hybridized carbons (Fsp3) is 0.167. The zero-order valence-electron chi connectivity index (χ0n) is 10.3. The Labute approximate surface area is 140 Å². The van der Waals surface area contributed by atoms with Crippen molar-refractivity contribution in [1.29, 1.82) is 0 Å². The summed E-state index contributed by atoms with van der Waals surface area (Å²) in [6.07, 6.45) is 0. The molecule has 20 heavy (non-hydrogen) atoms. The van der Waals surface area contributed by atoms with Crippen LogP contribution >= 0.6 is 50.5 Å². The number of aryl methyl sites for hydroxylation is 1. The van der Waals surface area contributed by atoms with Crippen LogP contribution in [0.5, 0.6) is 0 Å². The summed E-state index contributed by atoms with van der Waals surface area (Å²) in [5.41, 5.74) is 0. The summed E-state index contributed by atoms with van der Waals surface area (Å²) in [6, 6.07) is 6.82. The highest BCUT2D eigenvalue weighted by Crippen LogP contribution is 2.32. The van der Waals surface area contributed by atoms with Crippen LogP contribution < -0.4 is 4.72 Å². The highest BCUT2D eigenvalue weighted by molar-refractivity contribution is 9.10. The van der Waals surface area contributed by atoms with Crippen LogP contribution in [0.15, 0.2) is 33.6 Å². The molecule has 2 rings (SSSR count).